The highest BCUT2D eigenvalue weighted by Gasteiger charge is 2.52. The largest absolute Gasteiger partial charge is 0.479 e. The van der Waals surface area contributed by atoms with Crippen molar-refractivity contribution in [2.45, 2.75) is 63.0 Å². The Morgan fingerprint density at radius 1 is 1.09 bits per heavy atom. The minimum Gasteiger partial charge on any atom is -0.479 e. The number of hydrogen-bond acceptors (Lipinski definition) is 7. The SMILES string of the molecule is C1C2NC12.CCCCC(O)C(N)=O.O=C(O)C(O)C(O)C(=O)O. The fraction of sp³-hybridized carbons (Fsp3) is 0.769. The van der Waals surface area contributed by atoms with Crippen molar-refractivity contribution in [1.82, 2.24) is 5.32 Å². The standard InChI is InChI=1S/C6H13NO2.C4H6O6.C3H5N/c1-2-3-4-5(8)6(7)9;5-1(3(7)8)2(6)4(9)10;1-2-3(1)4-2/h5,8H,2-4H2,1H3,(H2,7,9);1-2,5-6H,(H,7,8)(H,9,10);2-4H,1H2. The van der Waals surface area contributed by atoms with E-state index >= 15 is 0 Å². The van der Waals surface area contributed by atoms with Gasteiger partial charge in [0.05, 0.1) is 0 Å². The third kappa shape index (κ3) is 9.79. The van der Waals surface area contributed by atoms with Crippen LogP contribution in [0.25, 0.3) is 0 Å². The zero-order valence-electron chi connectivity index (χ0n) is 12.8. The Balaban J connectivity index is 0.000000336. The van der Waals surface area contributed by atoms with E-state index in [1.165, 1.54) is 6.42 Å². The molecule has 10 heteroatoms. The predicted octanol–water partition coefficient (Wildman–Crippen LogP) is -2.37. The lowest BCUT2D eigenvalue weighted by Crippen LogP contribution is -2.39. The van der Waals surface area contributed by atoms with Gasteiger partial charge in [0.15, 0.2) is 12.2 Å². The molecule has 1 saturated heterocycles. The van der Waals surface area contributed by atoms with Gasteiger partial charge in [0.25, 0.3) is 0 Å². The molecule has 1 saturated carbocycles. The monoisotopic (exact) mass is 336 g/mol. The Kier molecular flexibility index (Phi) is 9.34. The van der Waals surface area contributed by atoms with E-state index in [0.29, 0.717) is 6.42 Å². The van der Waals surface area contributed by atoms with E-state index in [2.05, 4.69) is 5.32 Å². The summed E-state index contributed by atoms with van der Waals surface area (Å²) in [4.78, 5) is 29.7. The summed E-state index contributed by atoms with van der Waals surface area (Å²) in [6, 6.07) is 2.00. The van der Waals surface area contributed by atoms with E-state index in [1.54, 1.807) is 0 Å². The second kappa shape index (κ2) is 10.1. The highest BCUT2D eigenvalue weighted by Crippen LogP contribution is 2.35. The number of primary amides is 1. The smallest absolute Gasteiger partial charge is 0.335 e. The van der Waals surface area contributed by atoms with Crippen LogP contribution in [0.2, 0.25) is 0 Å². The number of aliphatic carboxylic acids is 2. The molecular weight excluding hydrogens is 312 g/mol. The summed E-state index contributed by atoms with van der Waals surface area (Å²) in [5, 5.41) is 44.5. The van der Waals surface area contributed by atoms with E-state index in [-0.39, 0.29) is 0 Å². The minimum absolute atomic E-state index is 0.492. The Morgan fingerprint density at radius 3 is 1.61 bits per heavy atom. The second-order valence-corrected chi connectivity index (χ2v) is 5.24. The Hall–Kier alpha value is -1.75. The lowest BCUT2D eigenvalue weighted by molar-refractivity contribution is -0.165. The second-order valence-electron chi connectivity index (χ2n) is 5.24. The third-order valence-electron chi connectivity index (χ3n) is 3.07. The normalized spacial score (nSPS) is 23.5. The number of carbonyl (C=O) groups excluding carboxylic acids is 1. The minimum atomic E-state index is -2.27. The molecule has 1 aliphatic heterocycles. The topological polar surface area (TPSA) is 200 Å². The van der Waals surface area contributed by atoms with Crippen LogP contribution in [0.5, 0.6) is 0 Å². The molecule has 5 unspecified atom stereocenters. The number of nitrogens with two attached hydrogens (primary N) is 1. The Bertz CT molecular complexity index is 387. The molecule has 0 aromatic carbocycles. The van der Waals surface area contributed by atoms with E-state index < -0.39 is 36.2 Å². The fourth-order valence-electron chi connectivity index (χ4n) is 1.20. The van der Waals surface area contributed by atoms with E-state index in [4.69, 9.17) is 31.3 Å². The van der Waals surface area contributed by atoms with E-state index in [1.807, 2.05) is 6.92 Å². The lowest BCUT2D eigenvalue weighted by Gasteiger charge is -2.07. The zero-order chi connectivity index (χ0) is 18.2. The molecule has 0 aromatic heterocycles. The number of unbranched alkanes of at least 4 members (excludes halogenated alkanes) is 1. The number of hydrogen-bond donors (Lipinski definition) is 7. The van der Waals surface area contributed by atoms with Gasteiger partial charge in [0.2, 0.25) is 5.91 Å². The maximum atomic E-state index is 10.2. The van der Waals surface area contributed by atoms with Gasteiger partial charge in [-0.25, -0.2) is 9.59 Å². The maximum Gasteiger partial charge on any atom is 0.335 e. The molecule has 0 spiro atoms. The number of fused-ring (bicyclic) bond motifs is 1. The van der Waals surface area contributed by atoms with Crippen LogP contribution in [0.4, 0.5) is 0 Å². The van der Waals surface area contributed by atoms with E-state index in [9.17, 15) is 14.4 Å². The molecule has 0 aromatic rings. The highest BCUT2D eigenvalue weighted by atomic mass is 16.4. The van der Waals surface area contributed by atoms with Crippen molar-refractivity contribution in [2.24, 2.45) is 5.73 Å². The van der Waals surface area contributed by atoms with Crippen LogP contribution in [0.15, 0.2) is 0 Å². The molecule has 5 atom stereocenters. The highest BCUT2D eigenvalue weighted by molar-refractivity contribution is 5.83. The summed E-state index contributed by atoms with van der Waals surface area (Å²) < 4.78 is 0. The molecule has 10 nitrogen and oxygen atoms in total. The zero-order valence-corrected chi connectivity index (χ0v) is 12.8. The number of aliphatic hydroxyl groups excluding tert-OH is 3. The van der Waals surface area contributed by atoms with Crippen LogP contribution >= 0.6 is 0 Å². The van der Waals surface area contributed by atoms with Crippen molar-refractivity contribution in [2.75, 3.05) is 0 Å². The van der Waals surface area contributed by atoms with Gasteiger partial charge in [0, 0.05) is 12.1 Å². The number of amides is 1. The first-order valence-corrected chi connectivity index (χ1v) is 7.16. The number of carboxylic acid groups (broad SMARTS) is 2. The van der Waals surface area contributed by atoms with Gasteiger partial charge in [-0.15, -0.1) is 0 Å². The van der Waals surface area contributed by atoms with Gasteiger partial charge in [-0.05, 0) is 12.8 Å². The van der Waals surface area contributed by atoms with E-state index in [0.717, 1.165) is 24.9 Å². The summed E-state index contributed by atoms with van der Waals surface area (Å²) in [7, 11) is 0. The molecule has 1 amide bonds. The number of carboxylic acids is 2. The molecule has 23 heavy (non-hydrogen) atoms. The molecule has 0 radical (unpaired) electrons. The lowest BCUT2D eigenvalue weighted by atomic mass is 10.1. The first-order chi connectivity index (χ1) is 10.6. The molecular formula is C13H24N2O8. The average molecular weight is 336 g/mol. The summed E-state index contributed by atoms with van der Waals surface area (Å²) in [6.45, 7) is 1.99. The molecule has 8 N–H and O–H groups in total. The molecule has 1 aliphatic carbocycles. The Morgan fingerprint density at radius 2 is 1.43 bits per heavy atom. The molecule has 2 aliphatic rings. The van der Waals surface area contributed by atoms with Gasteiger partial charge in [-0.2, -0.15) is 0 Å². The third-order valence-corrected chi connectivity index (χ3v) is 3.07. The molecule has 2 fully saturated rings. The van der Waals surface area contributed by atoms with Crippen LogP contribution < -0.4 is 11.1 Å². The van der Waals surface area contributed by atoms with Crippen molar-refractivity contribution in [3.05, 3.63) is 0 Å². The molecule has 1 heterocycles. The van der Waals surface area contributed by atoms with Crippen molar-refractivity contribution in [3.8, 4) is 0 Å². The predicted molar refractivity (Wildman–Crippen MR) is 77.3 cm³/mol. The van der Waals surface area contributed by atoms with Gasteiger partial charge in [0.1, 0.15) is 6.10 Å². The summed E-state index contributed by atoms with van der Waals surface area (Å²) in [5.41, 5.74) is 4.79. The molecule has 134 valence electrons. The number of aliphatic hydroxyl groups is 3. The maximum absolute atomic E-state index is 10.2. The van der Waals surface area contributed by atoms with Gasteiger partial charge in [-0.3, -0.25) is 4.79 Å². The van der Waals surface area contributed by atoms with Crippen LogP contribution in [0.3, 0.4) is 0 Å². The summed E-state index contributed by atoms with van der Waals surface area (Å²) in [6.07, 6.45) is -1.68. The van der Waals surface area contributed by atoms with Crippen molar-refractivity contribution >= 4 is 17.8 Å². The number of carbonyl (C=O) groups is 3. The van der Waals surface area contributed by atoms with Crippen LogP contribution in [-0.2, 0) is 14.4 Å². The van der Waals surface area contributed by atoms with Crippen LogP contribution in [0.1, 0.15) is 32.6 Å². The van der Waals surface area contributed by atoms with Crippen molar-refractivity contribution in [3.63, 3.8) is 0 Å². The quantitative estimate of drug-likeness (QED) is 0.248. The summed E-state index contributed by atoms with van der Waals surface area (Å²) >= 11 is 0. The molecule has 2 rings (SSSR count). The molecule has 0 bridgehead atoms. The van der Waals surface area contributed by atoms with Crippen LogP contribution in [0, 0.1) is 0 Å². The fourth-order valence-corrected chi connectivity index (χ4v) is 1.20. The van der Waals surface area contributed by atoms with Crippen molar-refractivity contribution < 1.29 is 39.9 Å². The summed E-state index contributed by atoms with van der Waals surface area (Å²) in [5.74, 6) is -4.16. The van der Waals surface area contributed by atoms with Gasteiger partial charge >= 0.3 is 11.9 Å². The van der Waals surface area contributed by atoms with Gasteiger partial charge < -0.3 is 36.6 Å². The Labute approximate surface area is 132 Å². The first kappa shape index (κ1) is 21.2. The number of nitrogens with one attached hydrogen (secondary N) is 1. The van der Waals surface area contributed by atoms with Crippen molar-refractivity contribution in [1.29, 1.82) is 0 Å². The first-order valence-electron chi connectivity index (χ1n) is 7.16. The number of rotatable bonds is 7. The van der Waals surface area contributed by atoms with Crippen LogP contribution in [-0.4, -0.2) is 73.8 Å². The average Bonchev–Trinajstić information content (AvgIpc) is 3.35. The van der Waals surface area contributed by atoms with Gasteiger partial charge in [-0.1, -0.05) is 19.8 Å².